The highest BCUT2D eigenvalue weighted by atomic mass is 16.5. The Hall–Kier alpha value is -2.34. The van der Waals surface area contributed by atoms with Gasteiger partial charge in [0.15, 0.2) is 18.9 Å². The van der Waals surface area contributed by atoms with E-state index in [1.807, 2.05) is 55.7 Å². The number of hydrogen-bond acceptors (Lipinski definition) is 2. The number of nitrogens with zero attached hydrogens (tertiary/aromatic N) is 2. The van der Waals surface area contributed by atoms with Crippen LogP contribution in [-0.2, 0) is 6.54 Å². The van der Waals surface area contributed by atoms with Gasteiger partial charge in [-0.2, -0.15) is 5.26 Å². The second-order valence-electron chi connectivity index (χ2n) is 3.95. The Balaban J connectivity index is 2.11. The van der Waals surface area contributed by atoms with Crippen LogP contribution in [0.15, 0.2) is 48.8 Å². The fourth-order valence-electron chi connectivity index (χ4n) is 1.76. The van der Waals surface area contributed by atoms with Gasteiger partial charge in [0.05, 0.1) is 18.2 Å². The van der Waals surface area contributed by atoms with Crippen LogP contribution in [0.1, 0.15) is 18.1 Å². The molecule has 3 heteroatoms. The van der Waals surface area contributed by atoms with E-state index in [4.69, 9.17) is 10.00 Å². The molecule has 1 aromatic heterocycles. The van der Waals surface area contributed by atoms with E-state index in [9.17, 15) is 0 Å². The fourth-order valence-corrected chi connectivity index (χ4v) is 1.76. The van der Waals surface area contributed by atoms with Crippen molar-refractivity contribution >= 4 is 0 Å². The number of hydrogen-bond donors (Lipinski definition) is 0. The number of pyridine rings is 1. The summed E-state index contributed by atoms with van der Waals surface area (Å²) in [6.45, 7) is 3.39. The molecular formula is C15H15N2O+. The summed E-state index contributed by atoms with van der Waals surface area (Å²) in [5, 5.41) is 8.85. The molecule has 0 bridgehead atoms. The molecule has 2 aromatic rings. The quantitative estimate of drug-likeness (QED) is 0.768. The number of benzene rings is 1. The number of aromatic nitrogens is 1. The highest BCUT2D eigenvalue weighted by Crippen LogP contribution is 2.07. The average molecular weight is 239 g/mol. The first-order valence-electron chi connectivity index (χ1n) is 5.93. The molecule has 0 atom stereocenters. The van der Waals surface area contributed by atoms with Gasteiger partial charge in [-0.15, -0.1) is 0 Å². The number of nitriles is 1. The summed E-state index contributed by atoms with van der Waals surface area (Å²) in [4.78, 5) is 0. The highest BCUT2D eigenvalue weighted by Gasteiger charge is 2.04. The van der Waals surface area contributed by atoms with Gasteiger partial charge in [0, 0.05) is 17.7 Å². The van der Waals surface area contributed by atoms with E-state index in [1.54, 1.807) is 0 Å². The van der Waals surface area contributed by atoms with Gasteiger partial charge in [-0.25, -0.2) is 4.57 Å². The molecule has 18 heavy (non-hydrogen) atoms. The van der Waals surface area contributed by atoms with E-state index in [0.29, 0.717) is 12.2 Å². The zero-order valence-corrected chi connectivity index (χ0v) is 10.3. The van der Waals surface area contributed by atoms with Crippen molar-refractivity contribution in [3.63, 3.8) is 0 Å². The minimum absolute atomic E-state index is 0.675. The molecule has 0 aliphatic heterocycles. The second-order valence-corrected chi connectivity index (χ2v) is 3.95. The second kappa shape index (κ2) is 5.83. The Morgan fingerprint density at radius 3 is 2.67 bits per heavy atom. The maximum atomic E-state index is 8.85. The van der Waals surface area contributed by atoms with Crippen LogP contribution < -0.4 is 9.30 Å². The van der Waals surface area contributed by atoms with E-state index < -0.39 is 0 Å². The smallest absolute Gasteiger partial charge is 0.173 e. The molecule has 0 N–H and O–H groups in total. The Morgan fingerprint density at radius 1 is 1.22 bits per heavy atom. The maximum Gasteiger partial charge on any atom is 0.173 e. The standard InChI is InChI=1S/C15H15N2O/c1-2-18-15-6-8-17(9-7-15)12-14-5-3-4-13(10-14)11-16/h3-10H,2,12H2,1H3/q+1. The summed E-state index contributed by atoms with van der Waals surface area (Å²) in [5.74, 6) is 0.875. The number of ether oxygens (including phenoxy) is 1. The molecule has 2 rings (SSSR count). The maximum absolute atomic E-state index is 8.85. The van der Waals surface area contributed by atoms with Crippen LogP contribution in [-0.4, -0.2) is 6.61 Å². The molecule has 0 aliphatic carbocycles. The predicted molar refractivity (Wildman–Crippen MR) is 68.1 cm³/mol. The molecule has 3 nitrogen and oxygen atoms in total. The minimum atomic E-state index is 0.675. The summed E-state index contributed by atoms with van der Waals surface area (Å²) in [5.41, 5.74) is 1.81. The summed E-state index contributed by atoms with van der Waals surface area (Å²) >= 11 is 0. The lowest BCUT2D eigenvalue weighted by molar-refractivity contribution is -0.688. The van der Waals surface area contributed by atoms with Crippen molar-refractivity contribution in [3.05, 3.63) is 59.9 Å². The van der Waals surface area contributed by atoms with Crippen molar-refractivity contribution in [1.82, 2.24) is 0 Å². The lowest BCUT2D eigenvalue weighted by Gasteiger charge is -2.02. The molecule has 0 saturated carbocycles. The van der Waals surface area contributed by atoms with Crippen molar-refractivity contribution in [3.8, 4) is 11.8 Å². The van der Waals surface area contributed by atoms with E-state index in [0.717, 1.165) is 17.9 Å². The zero-order valence-electron chi connectivity index (χ0n) is 10.3. The van der Waals surface area contributed by atoms with Gasteiger partial charge in [-0.05, 0) is 19.1 Å². The molecule has 0 aliphatic rings. The van der Waals surface area contributed by atoms with E-state index in [1.165, 1.54) is 0 Å². The predicted octanol–water partition coefficient (Wildman–Crippen LogP) is 2.29. The molecule has 1 aromatic carbocycles. The van der Waals surface area contributed by atoms with Gasteiger partial charge < -0.3 is 4.74 Å². The van der Waals surface area contributed by atoms with Gasteiger partial charge in [0.25, 0.3) is 0 Å². The van der Waals surface area contributed by atoms with Gasteiger partial charge >= 0.3 is 0 Å². The van der Waals surface area contributed by atoms with Crippen molar-refractivity contribution in [1.29, 1.82) is 5.26 Å². The zero-order chi connectivity index (χ0) is 12.8. The van der Waals surface area contributed by atoms with Crippen LogP contribution in [0.5, 0.6) is 5.75 Å². The van der Waals surface area contributed by atoms with Crippen LogP contribution in [0.4, 0.5) is 0 Å². The van der Waals surface area contributed by atoms with Crippen molar-refractivity contribution in [2.45, 2.75) is 13.5 Å². The average Bonchev–Trinajstić information content (AvgIpc) is 2.42. The molecular weight excluding hydrogens is 224 g/mol. The van der Waals surface area contributed by atoms with Gasteiger partial charge in [-0.1, -0.05) is 12.1 Å². The third-order valence-corrected chi connectivity index (χ3v) is 2.59. The summed E-state index contributed by atoms with van der Waals surface area (Å²) in [6, 6.07) is 13.7. The van der Waals surface area contributed by atoms with E-state index >= 15 is 0 Å². The largest absolute Gasteiger partial charge is 0.493 e. The SMILES string of the molecule is CCOc1cc[n+](Cc2cccc(C#N)c2)cc1. The Labute approximate surface area is 107 Å². The summed E-state index contributed by atoms with van der Waals surface area (Å²) in [6.07, 6.45) is 3.95. The first-order chi connectivity index (χ1) is 8.81. The lowest BCUT2D eigenvalue weighted by Crippen LogP contribution is -2.33. The fraction of sp³-hybridized carbons (Fsp3) is 0.200. The highest BCUT2D eigenvalue weighted by molar-refractivity contribution is 5.32. The first-order valence-corrected chi connectivity index (χ1v) is 5.93. The van der Waals surface area contributed by atoms with Crippen LogP contribution in [0.3, 0.4) is 0 Å². The Morgan fingerprint density at radius 2 is 2.00 bits per heavy atom. The molecule has 0 spiro atoms. The normalized spacial score (nSPS) is 9.78. The molecule has 0 amide bonds. The number of rotatable bonds is 4. The Bertz CT molecular complexity index is 555. The van der Waals surface area contributed by atoms with Crippen LogP contribution >= 0.6 is 0 Å². The molecule has 90 valence electrons. The van der Waals surface area contributed by atoms with E-state index in [2.05, 4.69) is 10.6 Å². The minimum Gasteiger partial charge on any atom is -0.493 e. The summed E-state index contributed by atoms with van der Waals surface area (Å²) in [7, 11) is 0. The topological polar surface area (TPSA) is 36.9 Å². The summed E-state index contributed by atoms with van der Waals surface area (Å²) < 4.78 is 7.45. The van der Waals surface area contributed by atoms with Crippen LogP contribution in [0, 0.1) is 11.3 Å². The van der Waals surface area contributed by atoms with Gasteiger partial charge in [-0.3, -0.25) is 0 Å². The molecule has 0 fully saturated rings. The third kappa shape index (κ3) is 3.08. The van der Waals surface area contributed by atoms with Crippen molar-refractivity contribution in [2.24, 2.45) is 0 Å². The Kier molecular flexibility index (Phi) is 3.93. The van der Waals surface area contributed by atoms with Crippen LogP contribution in [0.25, 0.3) is 0 Å². The lowest BCUT2D eigenvalue weighted by atomic mass is 10.1. The van der Waals surface area contributed by atoms with Gasteiger partial charge in [0.1, 0.15) is 5.75 Å². The third-order valence-electron chi connectivity index (χ3n) is 2.59. The van der Waals surface area contributed by atoms with Crippen molar-refractivity contribution in [2.75, 3.05) is 6.61 Å². The van der Waals surface area contributed by atoms with Gasteiger partial charge in [0.2, 0.25) is 0 Å². The molecule has 1 heterocycles. The monoisotopic (exact) mass is 239 g/mol. The first kappa shape index (κ1) is 12.1. The van der Waals surface area contributed by atoms with Crippen molar-refractivity contribution < 1.29 is 9.30 Å². The van der Waals surface area contributed by atoms with E-state index in [-0.39, 0.29) is 0 Å². The van der Waals surface area contributed by atoms with Crippen LogP contribution in [0.2, 0.25) is 0 Å². The molecule has 0 saturated heterocycles. The molecule has 0 radical (unpaired) electrons. The molecule has 0 unspecified atom stereocenters.